The van der Waals surface area contributed by atoms with Crippen molar-refractivity contribution in [1.82, 2.24) is 9.55 Å². The Morgan fingerprint density at radius 1 is 1.50 bits per heavy atom. The third-order valence-electron chi connectivity index (χ3n) is 2.73. The van der Waals surface area contributed by atoms with Gasteiger partial charge in [-0.25, -0.2) is 0 Å². The van der Waals surface area contributed by atoms with Gasteiger partial charge < -0.3 is 9.55 Å². The molecule has 22 heavy (non-hydrogen) atoms. The number of rotatable bonds is 8. The van der Waals surface area contributed by atoms with Crippen molar-refractivity contribution in [3.05, 3.63) is 31.4 Å². The fourth-order valence-corrected chi connectivity index (χ4v) is 2.89. The maximum Gasteiger partial charge on any atom is 0.265 e. The van der Waals surface area contributed by atoms with Crippen molar-refractivity contribution in [2.75, 3.05) is 5.75 Å². The van der Waals surface area contributed by atoms with Crippen LogP contribution in [0.25, 0.3) is 0 Å². The molecule has 1 rings (SSSR count). The van der Waals surface area contributed by atoms with Crippen molar-refractivity contribution in [1.29, 1.82) is 0 Å². The Morgan fingerprint density at radius 2 is 2.14 bits per heavy atom. The molecule has 0 aliphatic heterocycles. The molecule has 6 nitrogen and oxygen atoms in total. The molecule has 0 radical (unpaired) electrons. The number of imidazole rings is 1. The summed E-state index contributed by atoms with van der Waals surface area (Å²) in [5.74, 6) is -0.645. The van der Waals surface area contributed by atoms with E-state index in [1.165, 1.54) is 12.8 Å². The Kier molecular flexibility index (Phi) is 8.89. The molecule has 1 N–H and O–H groups in total. The van der Waals surface area contributed by atoms with Crippen LogP contribution in [0.3, 0.4) is 0 Å². The van der Waals surface area contributed by atoms with E-state index in [-0.39, 0.29) is 12.2 Å². The Morgan fingerprint density at radius 3 is 2.55 bits per heavy atom. The number of allylic oxidation sites excluding steroid dienone is 1. The van der Waals surface area contributed by atoms with Gasteiger partial charge in [0, 0.05) is 13.0 Å². The van der Waals surface area contributed by atoms with Crippen molar-refractivity contribution in [3.8, 4) is 0 Å². The quantitative estimate of drug-likeness (QED) is 0.450. The summed E-state index contributed by atoms with van der Waals surface area (Å²) in [6.45, 7) is 9.74. The number of aryl methyl sites for hydroxylation is 1. The number of carbonyl (C=O) groups is 1. The first-order valence-electron chi connectivity index (χ1n) is 7.08. The molecule has 0 saturated carbocycles. The lowest BCUT2D eigenvalue weighted by atomic mass is 9.90. The summed E-state index contributed by atoms with van der Waals surface area (Å²) in [6.07, 6.45) is 10.1. The van der Waals surface area contributed by atoms with Crippen LogP contribution in [-0.4, -0.2) is 34.1 Å². The topological polar surface area (TPSA) is 89.3 Å². The van der Waals surface area contributed by atoms with Crippen LogP contribution in [0.4, 0.5) is 0 Å². The van der Waals surface area contributed by atoms with Crippen molar-refractivity contribution in [2.45, 2.75) is 46.6 Å². The van der Waals surface area contributed by atoms with E-state index in [2.05, 4.69) is 24.7 Å². The van der Waals surface area contributed by atoms with Crippen LogP contribution in [-0.2, 0) is 21.5 Å². The van der Waals surface area contributed by atoms with E-state index in [0.717, 1.165) is 12.6 Å². The first kappa shape index (κ1) is 20.5. The van der Waals surface area contributed by atoms with Crippen molar-refractivity contribution < 1.29 is 17.8 Å². The second-order valence-corrected chi connectivity index (χ2v) is 7.28. The zero-order valence-electron chi connectivity index (χ0n) is 13.4. The zero-order valence-corrected chi connectivity index (χ0v) is 14.3. The molecule has 126 valence electrons. The third-order valence-corrected chi connectivity index (χ3v) is 3.87. The molecule has 0 aliphatic carbocycles. The van der Waals surface area contributed by atoms with E-state index in [4.69, 9.17) is 4.55 Å². The van der Waals surface area contributed by atoms with Crippen LogP contribution in [0, 0.1) is 11.6 Å². The highest BCUT2D eigenvalue weighted by molar-refractivity contribution is 7.85. The van der Waals surface area contributed by atoms with Gasteiger partial charge in [-0.15, -0.1) is 6.20 Å². The minimum Gasteiger partial charge on any atom is -0.442 e. The largest absolute Gasteiger partial charge is 0.442 e. The van der Waals surface area contributed by atoms with Crippen molar-refractivity contribution >= 4 is 15.9 Å². The number of unbranched alkanes of at least 4 members (excludes halogenated alkanes) is 1. The standard InChI is InChI=1S/C8H14O4S.C7H11N2/c1-4-7(9)5-8(2,3)6-13(10,11)12;1-2-3-5-9-6-4-8-7-9/h4H,1,5-6H2,2-3H3,(H,10,11,12);6-7H,2-3,5H2,1H3/q;-1. The number of hydrogen-bond donors (Lipinski definition) is 1. The van der Waals surface area contributed by atoms with Gasteiger partial charge >= 0.3 is 0 Å². The summed E-state index contributed by atoms with van der Waals surface area (Å²) in [4.78, 5) is 14.7. The van der Waals surface area contributed by atoms with E-state index in [1.54, 1.807) is 20.2 Å². The predicted molar refractivity (Wildman–Crippen MR) is 86.0 cm³/mol. The van der Waals surface area contributed by atoms with Gasteiger partial charge in [0.25, 0.3) is 10.1 Å². The molecule has 7 heteroatoms. The fraction of sp³-hybridized carbons (Fsp3) is 0.600. The molecule has 0 bridgehead atoms. The lowest BCUT2D eigenvalue weighted by Crippen LogP contribution is -2.26. The minimum absolute atomic E-state index is 0.0658. The van der Waals surface area contributed by atoms with Gasteiger partial charge in [-0.05, 0) is 17.9 Å². The molecule has 0 spiro atoms. The summed E-state index contributed by atoms with van der Waals surface area (Å²) in [5.41, 5.74) is -0.751. The minimum atomic E-state index is -4.02. The van der Waals surface area contributed by atoms with Gasteiger partial charge in [0.2, 0.25) is 0 Å². The SMILES string of the molecule is C=CC(=O)CC(C)(C)CS(=O)(=O)O.CCCCn1c[c-]nc1. The molecule has 0 amide bonds. The van der Waals surface area contributed by atoms with Gasteiger partial charge in [-0.3, -0.25) is 9.35 Å². The maximum absolute atomic E-state index is 10.9. The van der Waals surface area contributed by atoms with Gasteiger partial charge in [-0.1, -0.05) is 46.3 Å². The molecule has 0 aliphatic rings. The van der Waals surface area contributed by atoms with E-state index in [1.807, 2.05) is 10.8 Å². The number of carbonyl (C=O) groups excluding carboxylic acids is 1. The van der Waals surface area contributed by atoms with Crippen LogP contribution in [0.15, 0.2) is 25.2 Å². The second kappa shape index (κ2) is 9.53. The van der Waals surface area contributed by atoms with Gasteiger partial charge in [0.1, 0.15) is 0 Å². The summed E-state index contributed by atoms with van der Waals surface area (Å²) in [5, 5.41) is 0. The predicted octanol–water partition coefficient (Wildman–Crippen LogP) is 2.53. The average molecular weight is 329 g/mol. The number of ketones is 1. The van der Waals surface area contributed by atoms with Gasteiger partial charge in [0.05, 0.1) is 5.75 Å². The highest BCUT2D eigenvalue weighted by atomic mass is 32.2. The van der Waals surface area contributed by atoms with Crippen LogP contribution >= 0.6 is 0 Å². The van der Waals surface area contributed by atoms with Crippen LogP contribution in [0.2, 0.25) is 0 Å². The van der Waals surface area contributed by atoms with E-state index in [9.17, 15) is 13.2 Å². The molecule has 0 unspecified atom stereocenters. The lowest BCUT2D eigenvalue weighted by molar-refractivity contribution is -0.116. The van der Waals surface area contributed by atoms with Gasteiger partial charge in [-0.2, -0.15) is 8.42 Å². The highest BCUT2D eigenvalue weighted by Gasteiger charge is 2.26. The molecular weight excluding hydrogens is 304 g/mol. The Bertz CT molecular complexity index is 548. The van der Waals surface area contributed by atoms with Crippen LogP contribution in [0.5, 0.6) is 0 Å². The molecule has 0 saturated heterocycles. The van der Waals surface area contributed by atoms with Gasteiger partial charge in [0.15, 0.2) is 5.78 Å². The van der Waals surface area contributed by atoms with Crippen LogP contribution < -0.4 is 0 Å². The number of aromatic nitrogens is 2. The third kappa shape index (κ3) is 11.2. The molecule has 0 fully saturated rings. The average Bonchev–Trinajstić information content (AvgIpc) is 2.86. The van der Waals surface area contributed by atoms with E-state index in [0.29, 0.717) is 0 Å². The summed E-state index contributed by atoms with van der Waals surface area (Å²) < 4.78 is 31.7. The summed E-state index contributed by atoms with van der Waals surface area (Å²) in [6, 6.07) is 0. The molecule has 1 aromatic rings. The highest BCUT2D eigenvalue weighted by Crippen LogP contribution is 2.22. The number of nitrogens with zero attached hydrogens (tertiary/aromatic N) is 2. The smallest absolute Gasteiger partial charge is 0.265 e. The van der Waals surface area contributed by atoms with Crippen molar-refractivity contribution in [2.24, 2.45) is 5.41 Å². The maximum atomic E-state index is 10.9. The van der Waals surface area contributed by atoms with E-state index >= 15 is 0 Å². The van der Waals surface area contributed by atoms with Crippen LogP contribution in [0.1, 0.15) is 40.0 Å². The van der Waals surface area contributed by atoms with E-state index < -0.39 is 21.3 Å². The Labute approximate surface area is 133 Å². The Balaban J connectivity index is 0.000000425. The second-order valence-electron chi connectivity index (χ2n) is 5.83. The fourth-order valence-electron chi connectivity index (χ4n) is 1.80. The molecule has 1 aromatic heterocycles. The monoisotopic (exact) mass is 329 g/mol. The Hall–Kier alpha value is -1.47. The lowest BCUT2D eigenvalue weighted by Gasteiger charge is -2.20. The normalized spacial score (nSPS) is 11.5. The zero-order chi connectivity index (χ0) is 17.2. The number of hydrogen-bond acceptors (Lipinski definition) is 4. The molecular formula is C15H25N2O4S-. The molecule has 0 aromatic carbocycles. The molecule has 0 atom stereocenters. The van der Waals surface area contributed by atoms with Crippen molar-refractivity contribution in [3.63, 3.8) is 0 Å². The first-order valence-corrected chi connectivity index (χ1v) is 8.69. The summed E-state index contributed by atoms with van der Waals surface area (Å²) in [7, 11) is -4.02. The molecule has 1 heterocycles. The first-order chi connectivity index (χ1) is 10.1. The summed E-state index contributed by atoms with van der Waals surface area (Å²) >= 11 is 0.